The van der Waals surface area contributed by atoms with Crippen molar-refractivity contribution in [2.45, 2.75) is 13.8 Å². The summed E-state index contributed by atoms with van der Waals surface area (Å²) >= 11 is 11.6. The topological polar surface area (TPSA) is 62.8 Å². The fraction of sp³-hybridized carbons (Fsp3) is 0.364. The van der Waals surface area contributed by atoms with Crippen LogP contribution in [0.4, 0.5) is 11.4 Å². The second kappa shape index (κ2) is 10.6. The van der Waals surface area contributed by atoms with Crippen LogP contribution in [0.25, 0.3) is 0 Å². The number of hydrogen-bond donors (Lipinski definition) is 2. The number of rotatable bonds is 6. The molecule has 2 N–H and O–H groups in total. The Morgan fingerprint density at radius 1 is 1.23 bits per heavy atom. The van der Waals surface area contributed by atoms with E-state index >= 15 is 0 Å². The van der Waals surface area contributed by atoms with E-state index in [1.54, 1.807) is 24.3 Å². The number of morpholine rings is 1. The van der Waals surface area contributed by atoms with E-state index in [2.05, 4.69) is 29.4 Å². The molecule has 0 bridgehead atoms. The molecule has 1 fully saturated rings. The van der Waals surface area contributed by atoms with Crippen molar-refractivity contribution in [2.24, 2.45) is 5.92 Å². The predicted octanol–water partition coefficient (Wildman–Crippen LogP) is 4.34. The Morgan fingerprint density at radius 2 is 2.00 bits per heavy atom. The SMILES string of the molecule is CC(C)COc1cccc(C(=O)NC(=S)Nc2cc(Cl)ccc2N2CCOCC2)c1. The summed E-state index contributed by atoms with van der Waals surface area (Å²) < 4.78 is 11.1. The number of carbonyl (C=O) groups excluding carboxylic acids is 1. The van der Waals surface area contributed by atoms with Crippen LogP contribution in [0.15, 0.2) is 42.5 Å². The van der Waals surface area contributed by atoms with E-state index in [9.17, 15) is 4.79 Å². The summed E-state index contributed by atoms with van der Waals surface area (Å²) in [6.45, 7) is 7.61. The minimum absolute atomic E-state index is 0.199. The van der Waals surface area contributed by atoms with Crippen LogP contribution >= 0.6 is 23.8 Å². The molecule has 1 aliphatic rings. The molecule has 0 radical (unpaired) electrons. The lowest BCUT2D eigenvalue weighted by Gasteiger charge is -2.30. The van der Waals surface area contributed by atoms with E-state index in [0.29, 0.717) is 42.1 Å². The van der Waals surface area contributed by atoms with Crippen LogP contribution in [0.2, 0.25) is 5.02 Å². The van der Waals surface area contributed by atoms with E-state index in [1.165, 1.54) is 0 Å². The van der Waals surface area contributed by atoms with Crippen LogP contribution in [-0.2, 0) is 4.74 Å². The Balaban J connectivity index is 1.66. The third kappa shape index (κ3) is 6.32. The van der Waals surface area contributed by atoms with Crippen LogP contribution in [0.3, 0.4) is 0 Å². The molecule has 3 rings (SSSR count). The zero-order valence-electron chi connectivity index (χ0n) is 17.1. The Kier molecular flexibility index (Phi) is 7.90. The van der Waals surface area contributed by atoms with E-state index in [0.717, 1.165) is 24.5 Å². The number of halogens is 1. The van der Waals surface area contributed by atoms with Gasteiger partial charge in [0.2, 0.25) is 0 Å². The summed E-state index contributed by atoms with van der Waals surface area (Å²) in [6, 6.07) is 12.6. The molecule has 1 amide bonds. The molecule has 0 aliphatic carbocycles. The van der Waals surface area contributed by atoms with E-state index < -0.39 is 0 Å². The van der Waals surface area contributed by atoms with Crippen LogP contribution in [0.5, 0.6) is 5.75 Å². The van der Waals surface area contributed by atoms with Gasteiger partial charge in [0.05, 0.1) is 31.2 Å². The van der Waals surface area contributed by atoms with Crippen molar-refractivity contribution in [3.05, 3.63) is 53.1 Å². The summed E-state index contributed by atoms with van der Waals surface area (Å²) in [4.78, 5) is 14.8. The third-order valence-corrected chi connectivity index (χ3v) is 4.90. The molecule has 8 heteroatoms. The molecule has 1 heterocycles. The van der Waals surface area contributed by atoms with Crippen molar-refractivity contribution < 1.29 is 14.3 Å². The van der Waals surface area contributed by atoms with Crippen LogP contribution in [-0.4, -0.2) is 43.9 Å². The fourth-order valence-electron chi connectivity index (χ4n) is 3.01. The van der Waals surface area contributed by atoms with Gasteiger partial charge < -0.3 is 19.7 Å². The maximum atomic E-state index is 12.6. The van der Waals surface area contributed by atoms with Gasteiger partial charge in [0.25, 0.3) is 5.91 Å². The Hall–Kier alpha value is -2.35. The van der Waals surface area contributed by atoms with Gasteiger partial charge in [-0.1, -0.05) is 31.5 Å². The lowest BCUT2D eigenvalue weighted by atomic mass is 10.2. The normalized spacial score (nSPS) is 13.8. The van der Waals surface area contributed by atoms with Crippen LogP contribution < -0.4 is 20.3 Å². The molecule has 2 aromatic carbocycles. The van der Waals surface area contributed by atoms with Crippen molar-refractivity contribution in [2.75, 3.05) is 43.1 Å². The molecule has 0 spiro atoms. The minimum atomic E-state index is -0.308. The number of benzene rings is 2. The first kappa shape index (κ1) is 22.3. The Labute approximate surface area is 187 Å². The zero-order valence-corrected chi connectivity index (χ0v) is 18.7. The average Bonchev–Trinajstić information content (AvgIpc) is 2.73. The Bertz CT molecular complexity index is 901. The van der Waals surface area contributed by atoms with Gasteiger partial charge in [-0.15, -0.1) is 0 Å². The van der Waals surface area contributed by atoms with Crippen molar-refractivity contribution >= 4 is 46.2 Å². The monoisotopic (exact) mass is 447 g/mol. The number of nitrogens with one attached hydrogen (secondary N) is 2. The maximum Gasteiger partial charge on any atom is 0.257 e. The van der Waals surface area contributed by atoms with Gasteiger partial charge in [0.1, 0.15) is 5.75 Å². The number of ether oxygens (including phenoxy) is 2. The van der Waals surface area contributed by atoms with Crippen molar-refractivity contribution in [1.82, 2.24) is 5.32 Å². The summed E-state index contributed by atoms with van der Waals surface area (Å²) in [5.41, 5.74) is 2.17. The molecule has 6 nitrogen and oxygen atoms in total. The van der Waals surface area contributed by atoms with Gasteiger partial charge >= 0.3 is 0 Å². The van der Waals surface area contributed by atoms with E-state index in [4.69, 9.17) is 33.3 Å². The van der Waals surface area contributed by atoms with E-state index in [-0.39, 0.29) is 11.0 Å². The summed E-state index contributed by atoms with van der Waals surface area (Å²) in [7, 11) is 0. The van der Waals surface area contributed by atoms with Crippen LogP contribution in [0.1, 0.15) is 24.2 Å². The number of thiocarbonyl (C=S) groups is 1. The zero-order chi connectivity index (χ0) is 21.5. The number of nitrogens with zero attached hydrogens (tertiary/aromatic N) is 1. The molecule has 0 atom stereocenters. The largest absolute Gasteiger partial charge is 0.493 e. The molecule has 0 saturated carbocycles. The van der Waals surface area contributed by atoms with Gasteiger partial charge in [0, 0.05) is 23.7 Å². The fourth-order valence-corrected chi connectivity index (χ4v) is 3.38. The highest BCUT2D eigenvalue weighted by Crippen LogP contribution is 2.30. The lowest BCUT2D eigenvalue weighted by molar-refractivity contribution is 0.0977. The summed E-state index contributed by atoms with van der Waals surface area (Å²) in [6.07, 6.45) is 0. The molecule has 1 saturated heterocycles. The molecule has 0 unspecified atom stereocenters. The number of hydrogen-bond acceptors (Lipinski definition) is 5. The highest BCUT2D eigenvalue weighted by atomic mass is 35.5. The van der Waals surface area contributed by atoms with Crippen molar-refractivity contribution in [1.29, 1.82) is 0 Å². The summed E-state index contributed by atoms with van der Waals surface area (Å²) in [5, 5.41) is 6.61. The van der Waals surface area contributed by atoms with Crippen LogP contribution in [0, 0.1) is 5.92 Å². The third-order valence-electron chi connectivity index (χ3n) is 4.47. The molecular weight excluding hydrogens is 422 g/mol. The average molecular weight is 448 g/mol. The highest BCUT2D eigenvalue weighted by Gasteiger charge is 2.17. The van der Waals surface area contributed by atoms with Gasteiger partial charge in [-0.2, -0.15) is 0 Å². The van der Waals surface area contributed by atoms with Gasteiger partial charge in [0.15, 0.2) is 5.11 Å². The molecule has 0 aromatic heterocycles. The first-order valence-electron chi connectivity index (χ1n) is 9.90. The highest BCUT2D eigenvalue weighted by molar-refractivity contribution is 7.80. The predicted molar refractivity (Wildman–Crippen MR) is 125 cm³/mol. The first-order valence-corrected chi connectivity index (χ1v) is 10.7. The maximum absolute atomic E-state index is 12.6. The van der Waals surface area contributed by atoms with Crippen molar-refractivity contribution in [3.63, 3.8) is 0 Å². The van der Waals surface area contributed by atoms with Gasteiger partial charge in [-0.25, -0.2) is 0 Å². The lowest BCUT2D eigenvalue weighted by Crippen LogP contribution is -2.38. The number of anilines is 2. The molecule has 1 aliphatic heterocycles. The standard InChI is InChI=1S/C22H26ClN3O3S/c1-15(2)14-29-18-5-3-4-16(12-18)21(27)25-22(30)24-19-13-17(23)6-7-20(19)26-8-10-28-11-9-26/h3-7,12-13,15H,8-11,14H2,1-2H3,(H2,24,25,27,30). The molecule has 30 heavy (non-hydrogen) atoms. The van der Waals surface area contributed by atoms with Gasteiger partial charge in [-0.3, -0.25) is 10.1 Å². The second-order valence-electron chi connectivity index (χ2n) is 7.40. The molecule has 160 valence electrons. The Morgan fingerprint density at radius 3 is 2.73 bits per heavy atom. The number of amides is 1. The van der Waals surface area contributed by atoms with Crippen molar-refractivity contribution in [3.8, 4) is 5.75 Å². The quantitative estimate of drug-likeness (QED) is 0.642. The second-order valence-corrected chi connectivity index (χ2v) is 8.25. The first-order chi connectivity index (χ1) is 14.4. The smallest absolute Gasteiger partial charge is 0.257 e. The summed E-state index contributed by atoms with van der Waals surface area (Å²) in [5.74, 6) is 0.745. The molecular formula is C22H26ClN3O3S. The van der Waals surface area contributed by atoms with Gasteiger partial charge in [-0.05, 0) is 54.5 Å². The van der Waals surface area contributed by atoms with E-state index in [1.807, 2.05) is 18.2 Å². The minimum Gasteiger partial charge on any atom is -0.493 e. The molecule has 2 aromatic rings. The number of carbonyl (C=O) groups is 1.